The molecule has 1 unspecified atom stereocenters. The number of likely N-dealkylation sites (tertiary alicyclic amines) is 2. The monoisotopic (exact) mass is 446 g/mol. The van der Waals surface area contributed by atoms with Crippen LogP contribution in [0.3, 0.4) is 0 Å². The van der Waals surface area contributed by atoms with E-state index in [1.807, 2.05) is 7.11 Å². The van der Waals surface area contributed by atoms with Crippen LogP contribution in [-0.2, 0) is 14.3 Å². The Hall–Kier alpha value is -1.61. The van der Waals surface area contributed by atoms with Crippen molar-refractivity contribution in [2.24, 2.45) is 17.3 Å². The van der Waals surface area contributed by atoms with E-state index < -0.39 is 12.1 Å². The summed E-state index contributed by atoms with van der Waals surface area (Å²) >= 11 is 0. The van der Waals surface area contributed by atoms with Crippen molar-refractivity contribution < 1.29 is 32.6 Å². The first-order valence-electron chi connectivity index (χ1n) is 11.1. The van der Waals surface area contributed by atoms with E-state index in [0.717, 1.165) is 38.5 Å². The van der Waals surface area contributed by atoms with Crippen LogP contribution in [0.1, 0.15) is 44.9 Å². The van der Waals surface area contributed by atoms with Gasteiger partial charge in [-0.3, -0.25) is 9.69 Å². The Morgan fingerprint density at radius 1 is 1.16 bits per heavy atom. The van der Waals surface area contributed by atoms with E-state index in [1.165, 1.54) is 45.2 Å². The molecule has 176 valence electrons. The minimum atomic E-state index is -5.08. The Kier molecular flexibility index (Phi) is 7.68. The largest absolute Gasteiger partial charge is 0.490 e. The summed E-state index contributed by atoms with van der Waals surface area (Å²) in [6.07, 6.45) is 7.60. The van der Waals surface area contributed by atoms with Crippen LogP contribution in [0.15, 0.2) is 12.2 Å². The summed E-state index contributed by atoms with van der Waals surface area (Å²) < 4.78 is 37.2. The first-order valence-corrected chi connectivity index (χ1v) is 11.1. The molecule has 0 bridgehead atoms. The highest BCUT2D eigenvalue weighted by molar-refractivity contribution is 5.79. The third-order valence-corrected chi connectivity index (χ3v) is 7.01. The van der Waals surface area contributed by atoms with Gasteiger partial charge in [0.25, 0.3) is 0 Å². The average molecular weight is 447 g/mol. The Morgan fingerprint density at radius 2 is 1.74 bits per heavy atom. The molecule has 1 N–H and O–H groups in total. The number of piperidine rings is 1. The lowest BCUT2D eigenvalue weighted by Crippen LogP contribution is -2.46. The predicted octanol–water partition coefficient (Wildman–Crippen LogP) is 3.33. The number of carboxylic acid groups (broad SMARTS) is 1. The van der Waals surface area contributed by atoms with Crippen LogP contribution in [0.25, 0.3) is 0 Å². The molecule has 0 aromatic rings. The summed E-state index contributed by atoms with van der Waals surface area (Å²) in [7, 11) is 1.83. The summed E-state index contributed by atoms with van der Waals surface area (Å²) in [6.45, 7) is 5.29. The number of hydrogen-bond acceptors (Lipinski definition) is 4. The lowest BCUT2D eigenvalue weighted by Gasteiger charge is -2.40. The molecule has 2 aliphatic heterocycles. The number of amides is 1. The summed E-state index contributed by atoms with van der Waals surface area (Å²) in [5, 5.41) is 7.12. The van der Waals surface area contributed by atoms with Gasteiger partial charge >= 0.3 is 12.1 Å². The van der Waals surface area contributed by atoms with Crippen molar-refractivity contribution in [3.05, 3.63) is 12.2 Å². The van der Waals surface area contributed by atoms with E-state index in [2.05, 4.69) is 22.0 Å². The molecule has 0 aromatic heterocycles. The molecule has 0 aromatic carbocycles. The minimum absolute atomic E-state index is 0.232. The zero-order valence-corrected chi connectivity index (χ0v) is 18.1. The van der Waals surface area contributed by atoms with E-state index >= 15 is 0 Å². The van der Waals surface area contributed by atoms with E-state index in [-0.39, 0.29) is 5.92 Å². The number of carboxylic acids is 1. The van der Waals surface area contributed by atoms with Gasteiger partial charge in [0, 0.05) is 45.2 Å². The molecule has 31 heavy (non-hydrogen) atoms. The molecule has 2 aliphatic carbocycles. The molecule has 4 aliphatic rings. The highest BCUT2D eigenvalue weighted by Gasteiger charge is 2.47. The van der Waals surface area contributed by atoms with E-state index in [1.54, 1.807) is 0 Å². The number of methoxy groups -OCH3 is 1. The predicted molar refractivity (Wildman–Crippen MR) is 108 cm³/mol. The lowest BCUT2D eigenvalue weighted by molar-refractivity contribution is -0.192. The van der Waals surface area contributed by atoms with Crippen molar-refractivity contribution in [1.82, 2.24) is 9.80 Å². The van der Waals surface area contributed by atoms with Crippen molar-refractivity contribution >= 4 is 11.9 Å². The molecule has 6 nitrogen and oxygen atoms in total. The molecular formula is C22H33F3N2O4. The average Bonchev–Trinajstić information content (AvgIpc) is 3.23. The summed E-state index contributed by atoms with van der Waals surface area (Å²) in [6, 6.07) is 0.594. The topological polar surface area (TPSA) is 70.1 Å². The number of hydrogen-bond donors (Lipinski definition) is 1. The molecule has 2 heterocycles. The van der Waals surface area contributed by atoms with Gasteiger partial charge in [-0.2, -0.15) is 13.2 Å². The highest BCUT2D eigenvalue weighted by Crippen LogP contribution is 2.45. The molecule has 3 fully saturated rings. The second-order valence-electron chi connectivity index (χ2n) is 9.45. The fraction of sp³-hybridized carbons (Fsp3) is 0.818. The quantitative estimate of drug-likeness (QED) is 0.656. The lowest BCUT2D eigenvalue weighted by atomic mass is 9.76. The first-order chi connectivity index (χ1) is 14.6. The van der Waals surface area contributed by atoms with Gasteiger partial charge in [0.1, 0.15) is 0 Å². The Labute approximate surface area is 181 Å². The van der Waals surface area contributed by atoms with Crippen LogP contribution in [0.2, 0.25) is 0 Å². The summed E-state index contributed by atoms with van der Waals surface area (Å²) in [4.78, 5) is 26.4. The molecule has 0 radical (unpaired) electrons. The first kappa shape index (κ1) is 24.0. The number of rotatable bonds is 5. The van der Waals surface area contributed by atoms with Crippen molar-refractivity contribution in [3.8, 4) is 0 Å². The number of nitrogens with zero attached hydrogens (tertiary/aromatic N) is 2. The zero-order chi connectivity index (χ0) is 22.6. The molecule has 1 spiro atoms. The van der Waals surface area contributed by atoms with Gasteiger partial charge in [-0.15, -0.1) is 0 Å². The fourth-order valence-electron chi connectivity index (χ4n) is 5.10. The van der Waals surface area contributed by atoms with Crippen molar-refractivity contribution in [1.29, 1.82) is 0 Å². The Balaban J connectivity index is 0.000000339. The van der Waals surface area contributed by atoms with Crippen molar-refractivity contribution in [2.45, 2.75) is 57.2 Å². The van der Waals surface area contributed by atoms with Crippen LogP contribution in [0.5, 0.6) is 0 Å². The van der Waals surface area contributed by atoms with Gasteiger partial charge in [-0.25, -0.2) is 4.79 Å². The van der Waals surface area contributed by atoms with Crippen LogP contribution in [0.4, 0.5) is 13.2 Å². The number of alkyl halides is 3. The van der Waals surface area contributed by atoms with E-state index in [0.29, 0.717) is 17.4 Å². The maximum absolute atomic E-state index is 12.6. The number of carbonyl (C=O) groups is 2. The van der Waals surface area contributed by atoms with Gasteiger partial charge in [0.05, 0.1) is 6.61 Å². The second-order valence-corrected chi connectivity index (χ2v) is 9.45. The molecule has 1 atom stereocenters. The molecule has 1 saturated carbocycles. The molecule has 2 saturated heterocycles. The Bertz CT molecular complexity index is 662. The SMILES string of the molecule is COCC1CC2(CCN(C(=O)C3CC=CC3)CC2)CN1CC1CC1.O=C(O)C(F)(F)F. The minimum Gasteiger partial charge on any atom is -0.475 e. The number of halogens is 3. The standard InChI is InChI=1S/C20H32N2O2.C2HF3O2/c1-24-14-18-12-20(15-22(18)13-16-6-7-16)8-10-21(11-9-20)19(23)17-4-2-3-5-17;3-2(4,5)1(6)7/h2-3,16-18H,4-15H2,1H3;(H,6,7). The van der Waals surface area contributed by atoms with E-state index in [4.69, 9.17) is 14.6 Å². The van der Waals surface area contributed by atoms with Gasteiger partial charge in [-0.1, -0.05) is 12.2 Å². The fourth-order valence-corrected chi connectivity index (χ4v) is 5.10. The van der Waals surface area contributed by atoms with Gasteiger partial charge in [0.2, 0.25) is 5.91 Å². The van der Waals surface area contributed by atoms with Crippen molar-refractivity contribution in [3.63, 3.8) is 0 Å². The van der Waals surface area contributed by atoms with Gasteiger partial charge in [0.15, 0.2) is 0 Å². The van der Waals surface area contributed by atoms with Crippen LogP contribution >= 0.6 is 0 Å². The number of aliphatic carboxylic acids is 1. The van der Waals surface area contributed by atoms with Crippen LogP contribution in [0, 0.1) is 17.3 Å². The molecular weight excluding hydrogens is 413 g/mol. The zero-order valence-electron chi connectivity index (χ0n) is 18.1. The highest BCUT2D eigenvalue weighted by atomic mass is 19.4. The maximum atomic E-state index is 12.6. The Morgan fingerprint density at radius 3 is 2.23 bits per heavy atom. The number of allylic oxidation sites excluding steroid dienone is 2. The van der Waals surface area contributed by atoms with Gasteiger partial charge < -0.3 is 14.7 Å². The normalized spacial score (nSPS) is 26.2. The molecule has 9 heteroatoms. The smallest absolute Gasteiger partial charge is 0.475 e. The van der Waals surface area contributed by atoms with Crippen molar-refractivity contribution in [2.75, 3.05) is 39.9 Å². The van der Waals surface area contributed by atoms with Crippen LogP contribution in [-0.4, -0.2) is 78.9 Å². The summed E-state index contributed by atoms with van der Waals surface area (Å²) in [5.41, 5.74) is 0.433. The van der Waals surface area contributed by atoms with E-state index in [9.17, 15) is 18.0 Å². The summed E-state index contributed by atoms with van der Waals surface area (Å²) in [5.74, 6) is -1.19. The number of carbonyl (C=O) groups excluding carboxylic acids is 1. The third-order valence-electron chi connectivity index (χ3n) is 7.01. The third kappa shape index (κ3) is 6.44. The second kappa shape index (κ2) is 9.90. The molecule has 1 amide bonds. The van der Waals surface area contributed by atoms with Crippen LogP contribution < -0.4 is 0 Å². The van der Waals surface area contributed by atoms with Gasteiger partial charge in [-0.05, 0) is 56.3 Å². The molecule has 4 rings (SSSR count). The number of ether oxygens (including phenoxy) is 1. The maximum Gasteiger partial charge on any atom is 0.490 e.